The summed E-state index contributed by atoms with van der Waals surface area (Å²) in [6.07, 6.45) is 0. The molecule has 0 radical (unpaired) electrons. The molecule has 3 rings (SSSR count). The molecular formula is C20H18FNO5S. The van der Waals surface area contributed by atoms with E-state index in [1.54, 1.807) is 36.4 Å². The number of hydrogen-bond donors (Lipinski definition) is 1. The fourth-order valence-electron chi connectivity index (χ4n) is 2.75. The number of carbonyl (C=O) groups is 2. The fraction of sp³-hybridized carbons (Fsp3) is 0.200. The van der Waals surface area contributed by atoms with Crippen molar-refractivity contribution in [2.75, 3.05) is 26.1 Å². The quantitative estimate of drug-likeness (QED) is 0.604. The number of nitrogens with one attached hydrogen (secondary N) is 1. The zero-order valence-electron chi connectivity index (χ0n) is 15.3. The van der Waals surface area contributed by atoms with Gasteiger partial charge in [-0.3, -0.25) is 4.79 Å². The number of fused-ring (bicyclic) bond motifs is 1. The Morgan fingerprint density at radius 1 is 1.11 bits per heavy atom. The van der Waals surface area contributed by atoms with E-state index in [2.05, 4.69) is 5.32 Å². The predicted molar refractivity (Wildman–Crippen MR) is 104 cm³/mol. The summed E-state index contributed by atoms with van der Waals surface area (Å²) in [4.78, 5) is 24.8. The second kappa shape index (κ2) is 8.81. The van der Waals surface area contributed by atoms with Crippen molar-refractivity contribution in [3.63, 3.8) is 0 Å². The molecule has 3 aromatic rings. The molecule has 6 nitrogen and oxygen atoms in total. The molecule has 28 heavy (non-hydrogen) atoms. The van der Waals surface area contributed by atoms with Crippen LogP contribution in [0.3, 0.4) is 0 Å². The number of para-hydroxylation sites is 2. The van der Waals surface area contributed by atoms with Crippen molar-refractivity contribution >= 4 is 39.0 Å². The molecule has 1 amide bonds. The number of esters is 1. The Morgan fingerprint density at radius 2 is 1.89 bits per heavy atom. The fourth-order valence-corrected chi connectivity index (χ4v) is 3.86. The molecule has 0 spiro atoms. The maximum Gasteiger partial charge on any atom is 0.349 e. The van der Waals surface area contributed by atoms with Crippen LogP contribution in [0.15, 0.2) is 42.5 Å². The minimum absolute atomic E-state index is 0.0543. The van der Waals surface area contributed by atoms with E-state index in [-0.39, 0.29) is 11.5 Å². The van der Waals surface area contributed by atoms with Gasteiger partial charge in [-0.05, 0) is 24.3 Å². The number of rotatable bonds is 7. The van der Waals surface area contributed by atoms with Crippen molar-refractivity contribution in [3.05, 3.63) is 58.7 Å². The molecule has 1 heterocycles. The lowest BCUT2D eigenvalue weighted by Gasteiger charge is -2.10. The Bertz CT molecular complexity index is 1020. The Balaban J connectivity index is 1.73. The third-order valence-electron chi connectivity index (χ3n) is 3.95. The molecule has 8 heteroatoms. The van der Waals surface area contributed by atoms with Gasteiger partial charge in [-0.2, -0.15) is 0 Å². The highest BCUT2D eigenvalue weighted by molar-refractivity contribution is 7.21. The molecule has 0 aliphatic heterocycles. The molecule has 0 atom stereocenters. The molecule has 0 fully saturated rings. The van der Waals surface area contributed by atoms with Crippen LogP contribution in [0.1, 0.15) is 15.2 Å². The zero-order valence-corrected chi connectivity index (χ0v) is 16.1. The van der Waals surface area contributed by atoms with Crippen molar-refractivity contribution in [3.8, 4) is 5.75 Å². The first kappa shape index (κ1) is 19.8. The van der Waals surface area contributed by atoms with Gasteiger partial charge in [0, 0.05) is 22.8 Å². The number of methoxy groups -OCH3 is 2. The van der Waals surface area contributed by atoms with E-state index in [1.165, 1.54) is 20.3 Å². The molecule has 0 saturated heterocycles. The summed E-state index contributed by atoms with van der Waals surface area (Å²) in [7, 11) is 2.95. The summed E-state index contributed by atoms with van der Waals surface area (Å²) in [5, 5.41) is 2.95. The van der Waals surface area contributed by atoms with E-state index >= 15 is 0 Å². The maximum atomic E-state index is 14.2. The van der Waals surface area contributed by atoms with E-state index < -0.39 is 24.3 Å². The number of amides is 1. The van der Waals surface area contributed by atoms with E-state index in [0.29, 0.717) is 27.1 Å². The van der Waals surface area contributed by atoms with Crippen LogP contribution in [0.5, 0.6) is 5.75 Å². The normalized spacial score (nSPS) is 10.7. The second-order valence-electron chi connectivity index (χ2n) is 5.78. The van der Waals surface area contributed by atoms with Crippen molar-refractivity contribution in [1.82, 2.24) is 0 Å². The smallest absolute Gasteiger partial charge is 0.349 e. The monoisotopic (exact) mass is 403 g/mol. The average molecular weight is 403 g/mol. The van der Waals surface area contributed by atoms with Gasteiger partial charge in [-0.25, -0.2) is 9.18 Å². The number of thiophene rings is 1. The Morgan fingerprint density at radius 3 is 2.64 bits per heavy atom. The summed E-state index contributed by atoms with van der Waals surface area (Å²) in [5.74, 6) is -1.17. The first-order chi connectivity index (χ1) is 13.5. The van der Waals surface area contributed by atoms with E-state index in [4.69, 9.17) is 14.2 Å². The number of hydrogen-bond acceptors (Lipinski definition) is 6. The maximum absolute atomic E-state index is 14.2. The second-order valence-corrected chi connectivity index (χ2v) is 6.83. The number of benzene rings is 2. The first-order valence-electron chi connectivity index (χ1n) is 8.34. The van der Waals surface area contributed by atoms with Crippen LogP contribution in [0.25, 0.3) is 10.1 Å². The molecule has 1 aromatic heterocycles. The van der Waals surface area contributed by atoms with Gasteiger partial charge in [-0.1, -0.05) is 18.2 Å². The summed E-state index contributed by atoms with van der Waals surface area (Å²) in [6.45, 7) is -0.432. The molecule has 0 aliphatic carbocycles. The van der Waals surface area contributed by atoms with Gasteiger partial charge >= 0.3 is 5.97 Å². The summed E-state index contributed by atoms with van der Waals surface area (Å²) in [6, 6.07) is 11.5. The molecular weight excluding hydrogens is 385 g/mol. The SMILES string of the molecule is COCc1c(C(=O)OCC(=O)Nc2ccccc2OC)sc2cccc(F)c12. The van der Waals surface area contributed by atoms with Crippen LogP contribution >= 0.6 is 11.3 Å². The van der Waals surface area contributed by atoms with Crippen LogP contribution in [0, 0.1) is 5.82 Å². The lowest BCUT2D eigenvalue weighted by molar-refractivity contribution is -0.119. The minimum atomic E-state index is -0.706. The van der Waals surface area contributed by atoms with Crippen LogP contribution < -0.4 is 10.1 Å². The highest BCUT2D eigenvalue weighted by Crippen LogP contribution is 2.34. The Labute approximate surface area is 164 Å². The van der Waals surface area contributed by atoms with Crippen molar-refractivity contribution in [2.24, 2.45) is 0 Å². The molecule has 0 saturated carbocycles. The highest BCUT2D eigenvalue weighted by atomic mass is 32.1. The van der Waals surface area contributed by atoms with Crippen LogP contribution in [0.4, 0.5) is 10.1 Å². The first-order valence-corrected chi connectivity index (χ1v) is 9.15. The van der Waals surface area contributed by atoms with Crippen molar-refractivity contribution < 1.29 is 28.2 Å². The standard InChI is InChI=1S/C20H18FNO5S/c1-25-10-12-18-13(21)6-5-9-16(18)28-19(12)20(24)27-11-17(23)22-14-7-3-4-8-15(14)26-2/h3-9H,10-11H2,1-2H3,(H,22,23). The molecule has 0 aliphatic rings. The summed E-state index contributed by atoms with van der Waals surface area (Å²) >= 11 is 1.10. The average Bonchev–Trinajstić information content (AvgIpc) is 3.07. The van der Waals surface area contributed by atoms with Gasteiger partial charge in [-0.15, -0.1) is 11.3 Å². The number of halogens is 1. The van der Waals surface area contributed by atoms with E-state index in [1.807, 2.05) is 0 Å². The molecule has 146 valence electrons. The van der Waals surface area contributed by atoms with Crippen molar-refractivity contribution in [2.45, 2.75) is 6.61 Å². The lowest BCUT2D eigenvalue weighted by Crippen LogP contribution is -2.21. The molecule has 2 aromatic carbocycles. The third-order valence-corrected chi connectivity index (χ3v) is 5.13. The number of ether oxygens (including phenoxy) is 3. The summed E-state index contributed by atoms with van der Waals surface area (Å²) in [5.41, 5.74) is 0.880. The lowest BCUT2D eigenvalue weighted by atomic mass is 10.1. The van der Waals surface area contributed by atoms with Gasteiger partial charge in [0.05, 0.1) is 19.4 Å². The van der Waals surface area contributed by atoms with Gasteiger partial charge < -0.3 is 19.5 Å². The molecule has 0 bridgehead atoms. The number of anilines is 1. The van der Waals surface area contributed by atoms with Gasteiger partial charge in [0.25, 0.3) is 5.91 Å². The van der Waals surface area contributed by atoms with Crippen LogP contribution in [0.2, 0.25) is 0 Å². The minimum Gasteiger partial charge on any atom is -0.495 e. The van der Waals surface area contributed by atoms with Gasteiger partial charge in [0.2, 0.25) is 0 Å². The zero-order chi connectivity index (χ0) is 20.1. The summed E-state index contributed by atoms with van der Waals surface area (Å²) < 4.78 is 30.2. The topological polar surface area (TPSA) is 73.9 Å². The molecule has 1 N–H and O–H groups in total. The van der Waals surface area contributed by atoms with Crippen LogP contribution in [-0.2, 0) is 20.9 Å². The van der Waals surface area contributed by atoms with E-state index in [9.17, 15) is 14.0 Å². The van der Waals surface area contributed by atoms with Gasteiger partial charge in [0.1, 0.15) is 16.4 Å². The number of carbonyl (C=O) groups excluding carboxylic acids is 2. The van der Waals surface area contributed by atoms with Crippen LogP contribution in [-0.4, -0.2) is 32.7 Å². The largest absolute Gasteiger partial charge is 0.495 e. The van der Waals surface area contributed by atoms with E-state index in [0.717, 1.165) is 11.3 Å². The predicted octanol–water partition coefficient (Wildman–Crippen LogP) is 3.99. The van der Waals surface area contributed by atoms with Crippen molar-refractivity contribution in [1.29, 1.82) is 0 Å². The Kier molecular flexibility index (Phi) is 6.23. The van der Waals surface area contributed by atoms with Gasteiger partial charge in [0.15, 0.2) is 6.61 Å². The molecule has 0 unspecified atom stereocenters. The Hall–Kier alpha value is -2.97. The third kappa shape index (κ3) is 4.13. The highest BCUT2D eigenvalue weighted by Gasteiger charge is 2.22.